The van der Waals surface area contributed by atoms with Gasteiger partial charge in [0, 0.05) is 30.7 Å². The summed E-state index contributed by atoms with van der Waals surface area (Å²) in [4.78, 5) is 11.6. The van der Waals surface area contributed by atoms with Gasteiger partial charge in [0.15, 0.2) is 0 Å². The molecule has 3 aromatic heterocycles. The Bertz CT molecular complexity index is 1120. The van der Waals surface area contributed by atoms with E-state index >= 15 is 0 Å². The van der Waals surface area contributed by atoms with Crippen molar-refractivity contribution < 1.29 is 4.74 Å². The smallest absolute Gasteiger partial charge is 0.119 e. The van der Waals surface area contributed by atoms with Gasteiger partial charge in [-0.1, -0.05) is 24.3 Å². The molecule has 1 saturated heterocycles. The molecule has 29 heavy (non-hydrogen) atoms. The zero-order chi connectivity index (χ0) is 19.6. The molecule has 1 aromatic carbocycles. The number of ether oxygens (including phenoxy) is 1. The first kappa shape index (κ1) is 17.9. The van der Waals surface area contributed by atoms with Gasteiger partial charge in [-0.15, -0.1) is 0 Å². The molecule has 5 heteroatoms. The lowest BCUT2D eigenvalue weighted by Gasteiger charge is -2.23. The number of aromatic nitrogens is 3. The maximum Gasteiger partial charge on any atom is 0.119 e. The van der Waals surface area contributed by atoms with Crippen molar-refractivity contribution in [3.8, 4) is 16.9 Å². The minimum absolute atomic E-state index is 0.343. The quantitative estimate of drug-likeness (QED) is 0.498. The summed E-state index contributed by atoms with van der Waals surface area (Å²) in [6.07, 6.45) is 10.1. The summed E-state index contributed by atoms with van der Waals surface area (Å²) in [7, 11) is 1.72. The summed E-state index contributed by atoms with van der Waals surface area (Å²) in [6, 6.07) is 17.1. The zero-order valence-corrected chi connectivity index (χ0v) is 16.5. The number of likely N-dealkylation sites (tertiary alicyclic amines) is 1. The van der Waals surface area contributed by atoms with E-state index in [1.54, 1.807) is 13.3 Å². The van der Waals surface area contributed by atoms with Crippen molar-refractivity contribution in [2.45, 2.75) is 25.4 Å². The van der Waals surface area contributed by atoms with Crippen LogP contribution in [0, 0.1) is 0 Å². The van der Waals surface area contributed by atoms with Crippen LogP contribution < -0.4 is 4.74 Å². The van der Waals surface area contributed by atoms with Crippen LogP contribution in [0.25, 0.3) is 16.6 Å². The Hall–Kier alpha value is -3.18. The fraction of sp³-hybridized carbons (Fsp3) is 0.250. The number of fused-ring (bicyclic) bond motifs is 1. The van der Waals surface area contributed by atoms with E-state index < -0.39 is 0 Å². The summed E-state index contributed by atoms with van der Waals surface area (Å²) in [6.45, 7) is 2.00. The highest BCUT2D eigenvalue weighted by Gasteiger charge is 2.29. The fourth-order valence-electron chi connectivity index (χ4n) is 4.31. The first-order valence-corrected chi connectivity index (χ1v) is 10.1. The standard InChI is InChI=1S/C24H24N4O/c1-29-21-7-2-5-18(13-21)15-27-12-4-8-22(27)24-23-10-9-20(16-28(23)17-26-24)19-6-3-11-25-14-19/h2-3,5-7,9-11,13-14,16-17,22H,4,8,12,15H2,1H3. The van der Waals surface area contributed by atoms with Crippen LogP contribution in [-0.4, -0.2) is 32.9 Å². The van der Waals surface area contributed by atoms with Crippen LogP contribution in [0.5, 0.6) is 5.75 Å². The second-order valence-electron chi connectivity index (χ2n) is 7.56. The monoisotopic (exact) mass is 384 g/mol. The van der Waals surface area contributed by atoms with Gasteiger partial charge >= 0.3 is 0 Å². The van der Waals surface area contributed by atoms with Crippen molar-refractivity contribution in [3.63, 3.8) is 0 Å². The number of rotatable bonds is 5. The molecule has 0 saturated carbocycles. The van der Waals surface area contributed by atoms with Crippen LogP contribution in [0.3, 0.4) is 0 Å². The van der Waals surface area contributed by atoms with Gasteiger partial charge in [0.25, 0.3) is 0 Å². The molecule has 1 fully saturated rings. The molecule has 0 bridgehead atoms. The molecular formula is C24H24N4O. The third kappa shape index (κ3) is 3.49. The van der Waals surface area contributed by atoms with Gasteiger partial charge in [-0.2, -0.15) is 0 Å². The second kappa shape index (κ2) is 7.68. The van der Waals surface area contributed by atoms with E-state index in [4.69, 9.17) is 9.72 Å². The van der Waals surface area contributed by atoms with E-state index in [1.807, 2.05) is 24.7 Å². The Morgan fingerprint density at radius 1 is 1.10 bits per heavy atom. The molecule has 1 atom stereocenters. The van der Waals surface area contributed by atoms with Crippen LogP contribution in [-0.2, 0) is 6.54 Å². The summed E-state index contributed by atoms with van der Waals surface area (Å²) < 4.78 is 7.52. The number of nitrogens with zero attached hydrogens (tertiary/aromatic N) is 4. The van der Waals surface area contributed by atoms with Crippen molar-refractivity contribution in [2.75, 3.05) is 13.7 Å². The Kier molecular flexibility index (Phi) is 4.74. The highest BCUT2D eigenvalue weighted by molar-refractivity contribution is 5.66. The van der Waals surface area contributed by atoms with Crippen LogP contribution in [0.2, 0.25) is 0 Å². The van der Waals surface area contributed by atoms with Crippen molar-refractivity contribution in [3.05, 3.63) is 84.7 Å². The van der Waals surface area contributed by atoms with E-state index in [2.05, 4.69) is 56.9 Å². The minimum Gasteiger partial charge on any atom is -0.497 e. The SMILES string of the molecule is COc1cccc(CN2CCCC2c2ncn3cc(-c4cccnc4)ccc23)c1. The molecule has 1 aliphatic heterocycles. The molecule has 5 rings (SSSR count). The molecule has 0 N–H and O–H groups in total. The lowest BCUT2D eigenvalue weighted by molar-refractivity contribution is 0.246. The molecule has 0 amide bonds. The average molecular weight is 384 g/mol. The van der Waals surface area contributed by atoms with Crippen molar-refractivity contribution in [1.29, 1.82) is 0 Å². The summed E-state index contributed by atoms with van der Waals surface area (Å²) >= 11 is 0. The largest absolute Gasteiger partial charge is 0.497 e. The van der Waals surface area contributed by atoms with Crippen molar-refractivity contribution >= 4 is 5.52 Å². The zero-order valence-electron chi connectivity index (χ0n) is 16.5. The van der Waals surface area contributed by atoms with Gasteiger partial charge in [-0.25, -0.2) is 4.98 Å². The molecular weight excluding hydrogens is 360 g/mol. The molecule has 1 aliphatic rings. The predicted octanol–water partition coefficient (Wildman–Crippen LogP) is 4.74. The maximum atomic E-state index is 5.39. The Morgan fingerprint density at radius 2 is 2.07 bits per heavy atom. The molecule has 0 spiro atoms. The average Bonchev–Trinajstić information content (AvgIpc) is 3.40. The van der Waals surface area contributed by atoms with E-state index in [0.717, 1.165) is 36.4 Å². The van der Waals surface area contributed by atoms with Crippen LogP contribution in [0.1, 0.15) is 30.1 Å². The van der Waals surface area contributed by atoms with E-state index in [-0.39, 0.29) is 0 Å². The third-order valence-electron chi connectivity index (χ3n) is 5.75. The summed E-state index contributed by atoms with van der Waals surface area (Å²) in [5, 5.41) is 0. The normalized spacial score (nSPS) is 17.1. The highest BCUT2D eigenvalue weighted by Crippen LogP contribution is 2.35. The molecule has 0 aliphatic carbocycles. The third-order valence-corrected chi connectivity index (χ3v) is 5.75. The van der Waals surface area contributed by atoms with Gasteiger partial charge in [-0.3, -0.25) is 9.88 Å². The Balaban J connectivity index is 1.43. The van der Waals surface area contributed by atoms with E-state index in [9.17, 15) is 0 Å². The Morgan fingerprint density at radius 3 is 2.93 bits per heavy atom. The number of methoxy groups -OCH3 is 1. The molecule has 4 heterocycles. The molecule has 0 radical (unpaired) electrons. The lowest BCUT2D eigenvalue weighted by Crippen LogP contribution is -2.23. The Labute approximate surface area is 170 Å². The number of benzene rings is 1. The van der Waals surface area contributed by atoms with E-state index in [1.165, 1.54) is 23.2 Å². The maximum absolute atomic E-state index is 5.39. The van der Waals surface area contributed by atoms with Crippen LogP contribution in [0.4, 0.5) is 0 Å². The van der Waals surface area contributed by atoms with Gasteiger partial charge < -0.3 is 9.14 Å². The summed E-state index contributed by atoms with van der Waals surface area (Å²) in [5.74, 6) is 0.911. The van der Waals surface area contributed by atoms with Gasteiger partial charge in [0.1, 0.15) is 5.75 Å². The molecule has 146 valence electrons. The molecule has 4 aromatic rings. The van der Waals surface area contributed by atoms with Crippen molar-refractivity contribution in [2.24, 2.45) is 0 Å². The first-order chi connectivity index (χ1) is 14.3. The number of pyridine rings is 2. The lowest BCUT2D eigenvalue weighted by atomic mass is 10.1. The van der Waals surface area contributed by atoms with Crippen LogP contribution in [0.15, 0.2) is 73.4 Å². The predicted molar refractivity (Wildman–Crippen MR) is 114 cm³/mol. The number of imidazole rings is 1. The van der Waals surface area contributed by atoms with Gasteiger partial charge in [0.05, 0.1) is 30.7 Å². The van der Waals surface area contributed by atoms with Crippen molar-refractivity contribution in [1.82, 2.24) is 19.3 Å². The van der Waals surface area contributed by atoms with Gasteiger partial charge in [0.2, 0.25) is 0 Å². The fourth-order valence-corrected chi connectivity index (χ4v) is 4.31. The van der Waals surface area contributed by atoms with E-state index in [0.29, 0.717) is 6.04 Å². The van der Waals surface area contributed by atoms with Gasteiger partial charge in [-0.05, 0) is 54.8 Å². The first-order valence-electron chi connectivity index (χ1n) is 10.1. The topological polar surface area (TPSA) is 42.7 Å². The minimum atomic E-state index is 0.343. The number of hydrogen-bond donors (Lipinski definition) is 0. The molecule has 1 unspecified atom stereocenters. The van der Waals surface area contributed by atoms with Crippen LogP contribution >= 0.6 is 0 Å². The second-order valence-corrected chi connectivity index (χ2v) is 7.56. The highest BCUT2D eigenvalue weighted by atomic mass is 16.5. The molecule has 5 nitrogen and oxygen atoms in total. The number of hydrogen-bond acceptors (Lipinski definition) is 4. The summed E-state index contributed by atoms with van der Waals surface area (Å²) in [5.41, 5.74) is 5.89.